The van der Waals surface area contributed by atoms with Crippen LogP contribution in [0.5, 0.6) is 5.75 Å². The molecule has 0 atom stereocenters. The van der Waals surface area contributed by atoms with E-state index in [2.05, 4.69) is 10.2 Å². The van der Waals surface area contributed by atoms with E-state index in [-0.39, 0.29) is 5.97 Å². The third kappa shape index (κ3) is 4.02. The number of carbonyl (C=O) groups is 1. The zero-order chi connectivity index (χ0) is 14.4. The molecule has 0 amide bonds. The average Bonchev–Trinajstić information content (AvgIpc) is 2.48. The Balaban J connectivity index is 2.03. The number of benzene rings is 2. The standard InChI is InChI=1S/C16H16N2O2/c1-3-16(19)20-15-10-8-14(9-11-15)18-17-13-6-4-12(2)5-7-13/h4-11H,3H2,1-2H3. The number of esters is 1. The summed E-state index contributed by atoms with van der Waals surface area (Å²) in [4.78, 5) is 11.1. The molecule has 0 aromatic heterocycles. The maximum absolute atomic E-state index is 11.1. The second-order valence-corrected chi connectivity index (χ2v) is 4.36. The molecule has 0 aliphatic rings. The minimum atomic E-state index is -0.251. The Morgan fingerprint density at radius 2 is 1.45 bits per heavy atom. The number of carbonyl (C=O) groups excluding carboxylic acids is 1. The molecular formula is C16H16N2O2. The fourth-order valence-electron chi connectivity index (χ4n) is 1.51. The van der Waals surface area contributed by atoms with E-state index in [0.717, 1.165) is 5.69 Å². The van der Waals surface area contributed by atoms with Gasteiger partial charge in [0.05, 0.1) is 11.4 Å². The van der Waals surface area contributed by atoms with Crippen molar-refractivity contribution in [1.82, 2.24) is 0 Å². The van der Waals surface area contributed by atoms with Crippen LogP contribution in [0.4, 0.5) is 11.4 Å². The molecule has 0 aliphatic heterocycles. The van der Waals surface area contributed by atoms with Crippen LogP contribution in [0.2, 0.25) is 0 Å². The van der Waals surface area contributed by atoms with Crippen molar-refractivity contribution in [3.63, 3.8) is 0 Å². The van der Waals surface area contributed by atoms with Gasteiger partial charge in [0.2, 0.25) is 0 Å². The van der Waals surface area contributed by atoms with Gasteiger partial charge in [-0.1, -0.05) is 24.6 Å². The van der Waals surface area contributed by atoms with Gasteiger partial charge in [-0.2, -0.15) is 10.2 Å². The lowest BCUT2D eigenvalue weighted by atomic mass is 10.2. The maximum atomic E-state index is 11.1. The molecule has 0 heterocycles. The van der Waals surface area contributed by atoms with E-state index < -0.39 is 0 Å². The van der Waals surface area contributed by atoms with E-state index in [4.69, 9.17) is 4.74 Å². The van der Waals surface area contributed by atoms with Crippen molar-refractivity contribution in [3.05, 3.63) is 54.1 Å². The molecule has 20 heavy (non-hydrogen) atoms. The molecule has 0 radical (unpaired) electrons. The maximum Gasteiger partial charge on any atom is 0.310 e. The highest BCUT2D eigenvalue weighted by molar-refractivity contribution is 5.72. The van der Waals surface area contributed by atoms with Gasteiger partial charge in [0.1, 0.15) is 5.75 Å². The van der Waals surface area contributed by atoms with Gasteiger partial charge in [-0.25, -0.2) is 0 Å². The molecule has 102 valence electrons. The largest absolute Gasteiger partial charge is 0.427 e. The summed E-state index contributed by atoms with van der Waals surface area (Å²) in [6, 6.07) is 14.7. The molecule has 0 spiro atoms. The summed E-state index contributed by atoms with van der Waals surface area (Å²) in [5.41, 5.74) is 2.70. The van der Waals surface area contributed by atoms with Crippen molar-refractivity contribution in [2.75, 3.05) is 0 Å². The van der Waals surface area contributed by atoms with Crippen molar-refractivity contribution in [2.45, 2.75) is 20.3 Å². The first-order valence-electron chi connectivity index (χ1n) is 6.46. The number of aryl methyl sites for hydroxylation is 1. The highest BCUT2D eigenvalue weighted by Crippen LogP contribution is 2.21. The zero-order valence-corrected chi connectivity index (χ0v) is 11.5. The summed E-state index contributed by atoms with van der Waals surface area (Å²) in [7, 11) is 0. The Morgan fingerprint density at radius 3 is 1.95 bits per heavy atom. The van der Waals surface area contributed by atoms with Gasteiger partial charge >= 0.3 is 5.97 Å². The third-order valence-corrected chi connectivity index (χ3v) is 2.67. The molecule has 0 aliphatic carbocycles. The smallest absolute Gasteiger partial charge is 0.310 e. The topological polar surface area (TPSA) is 51.0 Å². The van der Waals surface area contributed by atoms with Crippen LogP contribution in [-0.2, 0) is 4.79 Å². The Labute approximate surface area is 118 Å². The van der Waals surface area contributed by atoms with E-state index in [1.165, 1.54) is 5.56 Å². The highest BCUT2D eigenvalue weighted by atomic mass is 16.5. The van der Waals surface area contributed by atoms with Crippen molar-refractivity contribution in [1.29, 1.82) is 0 Å². The van der Waals surface area contributed by atoms with Crippen molar-refractivity contribution in [2.24, 2.45) is 10.2 Å². The minimum absolute atomic E-state index is 0.251. The molecule has 0 saturated heterocycles. The molecule has 0 unspecified atom stereocenters. The predicted molar refractivity (Wildman–Crippen MR) is 77.7 cm³/mol. The van der Waals surface area contributed by atoms with Gasteiger partial charge in [0.25, 0.3) is 0 Å². The van der Waals surface area contributed by atoms with E-state index in [1.807, 2.05) is 31.2 Å². The monoisotopic (exact) mass is 268 g/mol. The number of rotatable bonds is 4. The summed E-state index contributed by atoms with van der Waals surface area (Å²) >= 11 is 0. The molecule has 4 nitrogen and oxygen atoms in total. The quantitative estimate of drug-likeness (QED) is 0.457. The fourth-order valence-corrected chi connectivity index (χ4v) is 1.51. The molecule has 4 heteroatoms. The van der Waals surface area contributed by atoms with Gasteiger partial charge < -0.3 is 4.74 Å². The zero-order valence-electron chi connectivity index (χ0n) is 11.5. The second kappa shape index (κ2) is 6.61. The first kappa shape index (κ1) is 13.9. The molecule has 2 aromatic rings. The summed E-state index contributed by atoms with van der Waals surface area (Å²) in [6.07, 6.45) is 0.356. The van der Waals surface area contributed by atoms with Gasteiger partial charge in [-0.05, 0) is 43.3 Å². The number of hydrogen-bond acceptors (Lipinski definition) is 4. The molecular weight excluding hydrogens is 252 g/mol. The van der Waals surface area contributed by atoms with Gasteiger partial charge in [0.15, 0.2) is 0 Å². The third-order valence-electron chi connectivity index (χ3n) is 2.67. The van der Waals surface area contributed by atoms with Crippen LogP contribution < -0.4 is 4.74 Å². The van der Waals surface area contributed by atoms with Crippen LogP contribution in [0.15, 0.2) is 58.8 Å². The Kier molecular flexibility index (Phi) is 4.60. The normalized spacial score (nSPS) is 10.7. The number of ether oxygens (including phenoxy) is 1. The lowest BCUT2D eigenvalue weighted by molar-refractivity contribution is -0.134. The van der Waals surface area contributed by atoms with Gasteiger partial charge in [0, 0.05) is 6.42 Å². The van der Waals surface area contributed by atoms with E-state index in [0.29, 0.717) is 17.9 Å². The summed E-state index contributed by atoms with van der Waals surface area (Å²) in [5.74, 6) is 0.269. The number of nitrogens with zero attached hydrogens (tertiary/aromatic N) is 2. The molecule has 0 fully saturated rings. The number of azo groups is 1. The Morgan fingerprint density at radius 1 is 0.950 bits per heavy atom. The summed E-state index contributed by atoms with van der Waals surface area (Å²) < 4.78 is 5.08. The minimum Gasteiger partial charge on any atom is -0.427 e. The lowest BCUT2D eigenvalue weighted by Gasteiger charge is -2.01. The Bertz CT molecular complexity index is 601. The van der Waals surface area contributed by atoms with Crippen molar-refractivity contribution >= 4 is 17.3 Å². The van der Waals surface area contributed by atoms with E-state index in [1.54, 1.807) is 31.2 Å². The van der Waals surface area contributed by atoms with Crippen LogP contribution >= 0.6 is 0 Å². The van der Waals surface area contributed by atoms with Crippen LogP contribution in [0.1, 0.15) is 18.9 Å². The first-order chi connectivity index (χ1) is 9.67. The van der Waals surface area contributed by atoms with Crippen molar-refractivity contribution < 1.29 is 9.53 Å². The first-order valence-corrected chi connectivity index (χ1v) is 6.46. The van der Waals surface area contributed by atoms with Crippen LogP contribution in [0.25, 0.3) is 0 Å². The second-order valence-electron chi connectivity index (χ2n) is 4.36. The van der Waals surface area contributed by atoms with E-state index >= 15 is 0 Å². The van der Waals surface area contributed by atoms with Gasteiger partial charge in [-0.3, -0.25) is 4.79 Å². The molecule has 2 rings (SSSR count). The van der Waals surface area contributed by atoms with E-state index in [9.17, 15) is 4.79 Å². The lowest BCUT2D eigenvalue weighted by Crippen LogP contribution is -2.04. The van der Waals surface area contributed by atoms with Crippen LogP contribution in [0.3, 0.4) is 0 Å². The molecule has 0 bridgehead atoms. The van der Waals surface area contributed by atoms with Crippen molar-refractivity contribution in [3.8, 4) is 5.75 Å². The number of hydrogen-bond donors (Lipinski definition) is 0. The summed E-state index contributed by atoms with van der Waals surface area (Å²) in [6.45, 7) is 3.78. The van der Waals surface area contributed by atoms with Crippen LogP contribution in [-0.4, -0.2) is 5.97 Å². The highest BCUT2D eigenvalue weighted by Gasteiger charge is 2.00. The molecule has 2 aromatic carbocycles. The van der Waals surface area contributed by atoms with Gasteiger partial charge in [-0.15, -0.1) is 0 Å². The molecule has 0 N–H and O–H groups in total. The predicted octanol–water partition coefficient (Wildman–Crippen LogP) is 4.73. The van der Waals surface area contributed by atoms with Crippen LogP contribution in [0, 0.1) is 6.92 Å². The Hall–Kier alpha value is -2.49. The fraction of sp³-hybridized carbons (Fsp3) is 0.188. The SMILES string of the molecule is CCC(=O)Oc1ccc(N=Nc2ccc(C)cc2)cc1. The molecule has 0 saturated carbocycles. The summed E-state index contributed by atoms with van der Waals surface area (Å²) in [5, 5.41) is 8.27. The average molecular weight is 268 g/mol.